The van der Waals surface area contributed by atoms with E-state index in [1.807, 2.05) is 6.07 Å². The third-order valence-electron chi connectivity index (χ3n) is 3.38. The molecule has 6 nitrogen and oxygen atoms in total. The fourth-order valence-corrected chi connectivity index (χ4v) is 2.23. The van der Waals surface area contributed by atoms with E-state index in [2.05, 4.69) is 5.32 Å². The summed E-state index contributed by atoms with van der Waals surface area (Å²) in [6, 6.07) is 13.0. The van der Waals surface area contributed by atoms with Gasteiger partial charge in [0.05, 0.1) is 25.3 Å². The van der Waals surface area contributed by atoms with E-state index >= 15 is 0 Å². The lowest BCUT2D eigenvalue weighted by molar-refractivity contribution is -0.137. The van der Waals surface area contributed by atoms with Crippen molar-refractivity contribution in [2.75, 3.05) is 12.8 Å². The van der Waals surface area contributed by atoms with Crippen molar-refractivity contribution < 1.29 is 19.4 Å². The van der Waals surface area contributed by atoms with Crippen LogP contribution in [0.4, 0.5) is 5.69 Å². The minimum Gasteiger partial charge on any atom is -0.495 e. The number of nitrogen functional groups attached to an aromatic ring is 1. The molecule has 0 aliphatic carbocycles. The van der Waals surface area contributed by atoms with Crippen molar-refractivity contribution in [3.63, 3.8) is 0 Å². The van der Waals surface area contributed by atoms with E-state index in [9.17, 15) is 9.59 Å². The first-order chi connectivity index (χ1) is 11.0. The topological polar surface area (TPSA) is 102 Å². The third-order valence-corrected chi connectivity index (χ3v) is 3.38. The molecule has 4 N–H and O–H groups in total. The van der Waals surface area contributed by atoms with E-state index in [-0.39, 0.29) is 6.42 Å². The molecule has 0 aliphatic heterocycles. The number of ether oxygens (including phenoxy) is 1. The van der Waals surface area contributed by atoms with Crippen molar-refractivity contribution in [3.05, 3.63) is 59.7 Å². The maximum Gasteiger partial charge on any atom is 0.305 e. The third kappa shape index (κ3) is 4.23. The number of methoxy groups -OCH3 is 1. The number of carboxylic acids is 1. The van der Waals surface area contributed by atoms with Gasteiger partial charge in [-0.1, -0.05) is 30.3 Å². The van der Waals surface area contributed by atoms with Gasteiger partial charge in [0.15, 0.2) is 0 Å². The molecule has 1 amide bonds. The molecule has 6 heteroatoms. The van der Waals surface area contributed by atoms with E-state index in [0.717, 1.165) is 5.56 Å². The lowest BCUT2D eigenvalue weighted by Crippen LogP contribution is -2.30. The Kier molecular flexibility index (Phi) is 5.19. The van der Waals surface area contributed by atoms with Crippen LogP contribution in [-0.4, -0.2) is 24.1 Å². The van der Waals surface area contributed by atoms with E-state index in [1.165, 1.54) is 13.2 Å². The highest BCUT2D eigenvalue weighted by atomic mass is 16.5. The molecule has 0 saturated carbocycles. The van der Waals surface area contributed by atoms with Crippen molar-refractivity contribution in [1.29, 1.82) is 0 Å². The fourth-order valence-electron chi connectivity index (χ4n) is 2.23. The fraction of sp³-hybridized carbons (Fsp3) is 0.176. The minimum atomic E-state index is -0.992. The van der Waals surface area contributed by atoms with Crippen LogP contribution in [0.3, 0.4) is 0 Å². The highest BCUT2D eigenvalue weighted by Crippen LogP contribution is 2.23. The van der Waals surface area contributed by atoms with Gasteiger partial charge in [-0.2, -0.15) is 0 Å². The summed E-state index contributed by atoms with van der Waals surface area (Å²) in [6.07, 6.45) is -0.207. The summed E-state index contributed by atoms with van der Waals surface area (Å²) in [7, 11) is 1.49. The number of amides is 1. The van der Waals surface area contributed by atoms with Crippen molar-refractivity contribution in [2.45, 2.75) is 12.5 Å². The Hall–Kier alpha value is -3.02. The Morgan fingerprint density at radius 1 is 1.22 bits per heavy atom. The van der Waals surface area contributed by atoms with Crippen LogP contribution >= 0.6 is 0 Å². The number of hydrogen-bond acceptors (Lipinski definition) is 4. The van der Waals surface area contributed by atoms with Gasteiger partial charge in [-0.15, -0.1) is 0 Å². The number of rotatable bonds is 6. The Labute approximate surface area is 133 Å². The number of carbonyl (C=O) groups excluding carboxylic acids is 1. The predicted molar refractivity (Wildman–Crippen MR) is 86.3 cm³/mol. The zero-order valence-electron chi connectivity index (χ0n) is 12.7. The summed E-state index contributed by atoms with van der Waals surface area (Å²) in [5.41, 5.74) is 7.20. The number of anilines is 1. The number of nitrogens with one attached hydrogen (secondary N) is 1. The summed E-state index contributed by atoms with van der Waals surface area (Å²) >= 11 is 0. The Bertz CT molecular complexity index is 701. The molecule has 2 rings (SSSR count). The average Bonchev–Trinajstić information content (AvgIpc) is 2.54. The lowest BCUT2D eigenvalue weighted by Gasteiger charge is -2.18. The zero-order valence-corrected chi connectivity index (χ0v) is 12.7. The van der Waals surface area contributed by atoms with Gasteiger partial charge in [0.1, 0.15) is 5.75 Å². The summed E-state index contributed by atoms with van der Waals surface area (Å²) < 4.78 is 5.05. The second-order valence-electron chi connectivity index (χ2n) is 4.99. The van der Waals surface area contributed by atoms with E-state index in [1.54, 1.807) is 36.4 Å². The van der Waals surface area contributed by atoms with Crippen LogP contribution in [0.15, 0.2) is 48.5 Å². The van der Waals surface area contributed by atoms with E-state index in [4.69, 9.17) is 15.6 Å². The lowest BCUT2D eigenvalue weighted by atomic mass is 10.0. The van der Waals surface area contributed by atoms with Crippen molar-refractivity contribution in [2.24, 2.45) is 0 Å². The molecule has 120 valence electrons. The first kappa shape index (κ1) is 16.4. The van der Waals surface area contributed by atoms with Crippen molar-refractivity contribution in [3.8, 4) is 5.75 Å². The summed E-state index contributed by atoms with van der Waals surface area (Å²) in [4.78, 5) is 23.4. The number of carboxylic acid groups (broad SMARTS) is 1. The van der Waals surface area contributed by atoms with Gasteiger partial charge < -0.3 is 20.9 Å². The standard InChI is InChI=1S/C17H18N2O4/c1-23-15-8-7-12(9-13(15)18)17(22)19-14(10-16(20)21)11-5-3-2-4-6-11/h2-9,14H,10,18H2,1H3,(H,19,22)(H,20,21). The molecular formula is C17H18N2O4. The number of aliphatic carboxylic acids is 1. The molecule has 2 aromatic rings. The van der Waals surface area contributed by atoms with Gasteiger partial charge >= 0.3 is 5.97 Å². The Morgan fingerprint density at radius 2 is 1.91 bits per heavy atom. The highest BCUT2D eigenvalue weighted by molar-refractivity contribution is 5.96. The van der Waals surface area contributed by atoms with E-state index < -0.39 is 17.9 Å². The zero-order chi connectivity index (χ0) is 16.8. The van der Waals surface area contributed by atoms with Gasteiger partial charge in [-0.3, -0.25) is 9.59 Å². The maximum absolute atomic E-state index is 12.4. The number of benzene rings is 2. The van der Waals surface area contributed by atoms with Crippen LogP contribution < -0.4 is 15.8 Å². The average molecular weight is 314 g/mol. The van der Waals surface area contributed by atoms with Crippen molar-refractivity contribution >= 4 is 17.6 Å². The van der Waals surface area contributed by atoms with Crippen LogP contribution in [0.5, 0.6) is 5.75 Å². The van der Waals surface area contributed by atoms with Crippen LogP contribution in [0.2, 0.25) is 0 Å². The van der Waals surface area contributed by atoms with Crippen LogP contribution in [0.1, 0.15) is 28.4 Å². The van der Waals surface area contributed by atoms with Crippen LogP contribution in [0, 0.1) is 0 Å². The van der Waals surface area contributed by atoms with Gasteiger partial charge in [-0.05, 0) is 23.8 Å². The summed E-state index contributed by atoms with van der Waals surface area (Å²) in [5.74, 6) is -0.908. The molecule has 0 spiro atoms. The molecule has 0 saturated heterocycles. The second-order valence-corrected chi connectivity index (χ2v) is 4.99. The molecule has 0 heterocycles. The highest BCUT2D eigenvalue weighted by Gasteiger charge is 2.19. The minimum absolute atomic E-state index is 0.207. The maximum atomic E-state index is 12.4. The van der Waals surface area contributed by atoms with Crippen LogP contribution in [-0.2, 0) is 4.79 Å². The van der Waals surface area contributed by atoms with Crippen molar-refractivity contribution in [1.82, 2.24) is 5.32 Å². The molecule has 0 bridgehead atoms. The molecule has 2 aromatic carbocycles. The van der Waals surface area contributed by atoms with E-state index in [0.29, 0.717) is 17.0 Å². The van der Waals surface area contributed by atoms with Crippen LogP contribution in [0.25, 0.3) is 0 Å². The molecule has 1 unspecified atom stereocenters. The Balaban J connectivity index is 2.20. The first-order valence-electron chi connectivity index (χ1n) is 7.02. The number of hydrogen-bond donors (Lipinski definition) is 3. The second kappa shape index (κ2) is 7.31. The van der Waals surface area contributed by atoms with Gasteiger partial charge in [0.25, 0.3) is 5.91 Å². The molecule has 0 aliphatic rings. The monoisotopic (exact) mass is 314 g/mol. The van der Waals surface area contributed by atoms with Gasteiger partial charge in [-0.25, -0.2) is 0 Å². The largest absolute Gasteiger partial charge is 0.495 e. The quantitative estimate of drug-likeness (QED) is 0.710. The smallest absolute Gasteiger partial charge is 0.305 e. The summed E-state index contributed by atoms with van der Waals surface area (Å²) in [5, 5.41) is 11.8. The predicted octanol–water partition coefficient (Wildman–Crippen LogP) is 2.22. The molecule has 23 heavy (non-hydrogen) atoms. The van der Waals surface area contributed by atoms with Gasteiger partial charge in [0.2, 0.25) is 0 Å². The first-order valence-corrected chi connectivity index (χ1v) is 7.02. The molecule has 0 radical (unpaired) electrons. The molecule has 1 atom stereocenters. The normalized spacial score (nSPS) is 11.5. The SMILES string of the molecule is COc1ccc(C(=O)NC(CC(=O)O)c2ccccc2)cc1N. The molecule has 0 aromatic heterocycles. The number of carbonyl (C=O) groups is 2. The Morgan fingerprint density at radius 3 is 2.48 bits per heavy atom. The molecular weight excluding hydrogens is 296 g/mol. The number of nitrogens with two attached hydrogens (primary N) is 1. The summed E-state index contributed by atoms with van der Waals surface area (Å²) in [6.45, 7) is 0. The van der Waals surface area contributed by atoms with Gasteiger partial charge in [0, 0.05) is 5.56 Å². The molecule has 0 fully saturated rings.